The van der Waals surface area contributed by atoms with Crippen LogP contribution in [0.4, 0.5) is 0 Å². The Morgan fingerprint density at radius 3 is 2.30 bits per heavy atom. The lowest BCUT2D eigenvalue weighted by molar-refractivity contribution is -0.147. The molecule has 1 aliphatic rings. The number of hydrogen-bond donors (Lipinski definition) is 1. The van der Waals surface area contributed by atoms with Crippen LogP contribution < -0.4 is 0 Å². The first-order valence-corrected chi connectivity index (χ1v) is 6.88. The highest BCUT2D eigenvalue weighted by molar-refractivity contribution is 6.26. The average Bonchev–Trinajstić information content (AvgIpc) is 2.48. The number of carboxylic acids is 1. The zero-order valence-corrected chi connectivity index (χ0v) is 11.7. The molecule has 1 saturated heterocycles. The van der Waals surface area contributed by atoms with E-state index in [4.69, 9.17) is 11.6 Å². The number of carbonyl (C=O) groups excluding carboxylic acids is 1. The average molecular weight is 294 g/mol. The highest BCUT2D eigenvalue weighted by Crippen LogP contribution is 2.35. The standard InChI is InChI=1S/C15H16ClNO3/c16-9-6-13(18)17-10-7-15(8-11-17,14(19)20)12-4-2-1-3-5-12/h1-6,9H,7-8,10-11H2,(H,19,20)/b9-6+. The number of carbonyl (C=O) groups is 2. The lowest BCUT2D eigenvalue weighted by Crippen LogP contribution is -2.48. The molecule has 5 heteroatoms. The van der Waals surface area contributed by atoms with Crippen molar-refractivity contribution in [2.75, 3.05) is 13.1 Å². The van der Waals surface area contributed by atoms with Gasteiger partial charge in [-0.2, -0.15) is 0 Å². The Morgan fingerprint density at radius 1 is 1.20 bits per heavy atom. The summed E-state index contributed by atoms with van der Waals surface area (Å²) in [6.45, 7) is 0.836. The number of aliphatic carboxylic acids is 1. The molecule has 106 valence electrons. The van der Waals surface area contributed by atoms with Gasteiger partial charge >= 0.3 is 5.97 Å². The van der Waals surface area contributed by atoms with Crippen molar-refractivity contribution in [3.63, 3.8) is 0 Å². The van der Waals surface area contributed by atoms with E-state index in [1.165, 1.54) is 11.6 Å². The van der Waals surface area contributed by atoms with Crippen LogP contribution in [0.3, 0.4) is 0 Å². The van der Waals surface area contributed by atoms with E-state index >= 15 is 0 Å². The molecular weight excluding hydrogens is 278 g/mol. The smallest absolute Gasteiger partial charge is 0.314 e. The normalized spacial score (nSPS) is 18.1. The number of carboxylic acid groups (broad SMARTS) is 1. The van der Waals surface area contributed by atoms with Gasteiger partial charge < -0.3 is 10.0 Å². The van der Waals surface area contributed by atoms with Crippen molar-refractivity contribution < 1.29 is 14.7 Å². The third-order valence-corrected chi connectivity index (χ3v) is 4.00. The van der Waals surface area contributed by atoms with Gasteiger partial charge in [-0.1, -0.05) is 41.9 Å². The van der Waals surface area contributed by atoms with E-state index in [2.05, 4.69) is 0 Å². The number of benzene rings is 1. The summed E-state index contributed by atoms with van der Waals surface area (Å²) in [5.41, 5.74) is 1.08. The molecule has 0 radical (unpaired) electrons. The van der Waals surface area contributed by atoms with Crippen LogP contribution in [0.15, 0.2) is 41.9 Å². The van der Waals surface area contributed by atoms with Crippen LogP contribution in [0.2, 0.25) is 0 Å². The minimum Gasteiger partial charge on any atom is -0.481 e. The molecule has 2 rings (SSSR count). The molecule has 0 aromatic heterocycles. The molecule has 0 aliphatic carbocycles. The molecule has 1 aliphatic heterocycles. The van der Waals surface area contributed by atoms with Crippen LogP contribution in [-0.2, 0) is 15.0 Å². The molecule has 0 spiro atoms. The first-order valence-electron chi connectivity index (χ1n) is 6.45. The summed E-state index contributed by atoms with van der Waals surface area (Å²) in [5, 5.41) is 9.63. The third-order valence-electron chi connectivity index (χ3n) is 3.87. The van der Waals surface area contributed by atoms with Crippen molar-refractivity contribution in [3.05, 3.63) is 47.5 Å². The molecule has 1 aromatic rings. The van der Waals surface area contributed by atoms with Crippen LogP contribution in [0.1, 0.15) is 18.4 Å². The summed E-state index contributed by atoms with van der Waals surface area (Å²) in [6.07, 6.45) is 2.11. The van der Waals surface area contributed by atoms with E-state index in [-0.39, 0.29) is 5.91 Å². The number of likely N-dealkylation sites (tertiary alicyclic amines) is 1. The highest BCUT2D eigenvalue weighted by Gasteiger charge is 2.43. The van der Waals surface area contributed by atoms with Crippen molar-refractivity contribution in [3.8, 4) is 0 Å². The van der Waals surface area contributed by atoms with E-state index in [9.17, 15) is 14.7 Å². The molecule has 4 nitrogen and oxygen atoms in total. The second-order valence-corrected chi connectivity index (χ2v) is 5.12. The fraction of sp³-hybridized carbons (Fsp3) is 0.333. The lowest BCUT2D eigenvalue weighted by Gasteiger charge is -2.38. The van der Waals surface area contributed by atoms with E-state index in [1.54, 1.807) is 4.90 Å². The zero-order chi connectivity index (χ0) is 14.6. The van der Waals surface area contributed by atoms with Gasteiger partial charge in [0, 0.05) is 24.7 Å². The second-order valence-electron chi connectivity index (χ2n) is 4.87. The number of nitrogens with zero attached hydrogens (tertiary/aromatic N) is 1. The Kier molecular flexibility index (Phi) is 4.45. The van der Waals surface area contributed by atoms with Gasteiger partial charge in [0.1, 0.15) is 0 Å². The maximum absolute atomic E-state index is 11.7. The van der Waals surface area contributed by atoms with Gasteiger partial charge in [-0.05, 0) is 18.4 Å². The van der Waals surface area contributed by atoms with E-state index in [1.807, 2.05) is 30.3 Å². The fourth-order valence-corrected chi connectivity index (χ4v) is 2.76. The second kappa shape index (κ2) is 6.09. The molecule has 1 amide bonds. The van der Waals surface area contributed by atoms with Gasteiger partial charge in [-0.25, -0.2) is 0 Å². The van der Waals surface area contributed by atoms with Crippen molar-refractivity contribution >= 4 is 23.5 Å². The molecule has 1 fully saturated rings. The zero-order valence-electron chi connectivity index (χ0n) is 11.0. The van der Waals surface area contributed by atoms with Gasteiger partial charge in [-0.3, -0.25) is 9.59 Å². The molecule has 0 saturated carbocycles. The Morgan fingerprint density at radius 2 is 1.80 bits per heavy atom. The first kappa shape index (κ1) is 14.6. The van der Waals surface area contributed by atoms with Crippen LogP contribution in [0.5, 0.6) is 0 Å². The van der Waals surface area contributed by atoms with E-state index in [0.717, 1.165) is 5.56 Å². The molecule has 0 unspecified atom stereocenters. The molecule has 1 aromatic carbocycles. The Balaban J connectivity index is 2.19. The third kappa shape index (κ3) is 2.70. The Labute approximate surface area is 122 Å². The number of amides is 1. The summed E-state index contributed by atoms with van der Waals surface area (Å²) in [5.74, 6) is -1.00. The summed E-state index contributed by atoms with van der Waals surface area (Å²) in [6, 6.07) is 9.22. The molecule has 0 bridgehead atoms. The van der Waals surface area contributed by atoms with Crippen molar-refractivity contribution in [2.45, 2.75) is 18.3 Å². The summed E-state index contributed by atoms with van der Waals surface area (Å²) < 4.78 is 0. The number of halogens is 1. The number of hydrogen-bond acceptors (Lipinski definition) is 2. The van der Waals surface area contributed by atoms with Crippen molar-refractivity contribution in [2.24, 2.45) is 0 Å². The minimum atomic E-state index is -0.900. The van der Waals surface area contributed by atoms with Crippen LogP contribution in [0, 0.1) is 0 Å². The van der Waals surface area contributed by atoms with Crippen molar-refractivity contribution in [1.29, 1.82) is 0 Å². The quantitative estimate of drug-likeness (QED) is 0.871. The van der Waals surface area contributed by atoms with E-state index < -0.39 is 11.4 Å². The Hall–Kier alpha value is -1.81. The summed E-state index contributed by atoms with van der Waals surface area (Å²) in [7, 11) is 0. The fourth-order valence-electron chi connectivity index (χ4n) is 2.65. The first-order chi connectivity index (χ1) is 9.60. The monoisotopic (exact) mass is 293 g/mol. The molecule has 1 N–H and O–H groups in total. The Bertz CT molecular complexity index is 519. The van der Waals surface area contributed by atoms with E-state index in [0.29, 0.717) is 25.9 Å². The number of rotatable bonds is 3. The van der Waals surface area contributed by atoms with Crippen LogP contribution in [0.25, 0.3) is 0 Å². The molecule has 20 heavy (non-hydrogen) atoms. The van der Waals surface area contributed by atoms with Gasteiger partial charge in [0.25, 0.3) is 0 Å². The largest absolute Gasteiger partial charge is 0.481 e. The molecule has 0 atom stereocenters. The molecular formula is C15H16ClNO3. The van der Waals surface area contributed by atoms with Crippen LogP contribution >= 0.6 is 11.6 Å². The van der Waals surface area contributed by atoms with Crippen LogP contribution in [-0.4, -0.2) is 35.0 Å². The lowest BCUT2D eigenvalue weighted by atomic mass is 9.73. The summed E-state index contributed by atoms with van der Waals surface area (Å²) >= 11 is 5.40. The predicted molar refractivity (Wildman–Crippen MR) is 76.6 cm³/mol. The SMILES string of the molecule is O=C(/C=C/Cl)N1CCC(C(=O)O)(c2ccccc2)CC1. The maximum atomic E-state index is 11.7. The van der Waals surface area contributed by atoms with Gasteiger partial charge in [0.15, 0.2) is 0 Å². The minimum absolute atomic E-state index is 0.174. The van der Waals surface area contributed by atoms with Gasteiger partial charge in [-0.15, -0.1) is 0 Å². The number of piperidine rings is 1. The topological polar surface area (TPSA) is 57.6 Å². The van der Waals surface area contributed by atoms with Crippen molar-refractivity contribution in [1.82, 2.24) is 4.90 Å². The van der Waals surface area contributed by atoms with Gasteiger partial charge in [0.2, 0.25) is 5.91 Å². The predicted octanol–water partition coefficient (Wildman–Crippen LogP) is 2.38. The summed E-state index contributed by atoms with van der Waals surface area (Å²) in [4.78, 5) is 25.1. The molecule has 1 heterocycles. The van der Waals surface area contributed by atoms with Gasteiger partial charge in [0.05, 0.1) is 5.41 Å². The highest BCUT2D eigenvalue weighted by atomic mass is 35.5. The maximum Gasteiger partial charge on any atom is 0.314 e.